The van der Waals surface area contributed by atoms with E-state index in [4.69, 9.17) is 0 Å². The van der Waals surface area contributed by atoms with Gasteiger partial charge in [0.05, 0.1) is 0 Å². The van der Waals surface area contributed by atoms with E-state index in [1.54, 1.807) is 0 Å². The standard InChI is InChI=1S/C14H19N3S/c1-17(2)14-9-8-13(12(10-15)16-14)18-11-6-4-3-5-7-11/h8-9,11H,3-7H2,1-2H3. The summed E-state index contributed by atoms with van der Waals surface area (Å²) in [5.41, 5.74) is 0.566. The van der Waals surface area contributed by atoms with Crippen molar-refractivity contribution in [2.75, 3.05) is 19.0 Å². The third-order valence-electron chi connectivity index (χ3n) is 3.25. The normalized spacial score (nSPS) is 16.3. The number of pyridine rings is 1. The van der Waals surface area contributed by atoms with E-state index in [-0.39, 0.29) is 0 Å². The molecule has 1 fully saturated rings. The molecule has 1 aliphatic rings. The first-order chi connectivity index (χ1) is 8.70. The van der Waals surface area contributed by atoms with Crippen LogP contribution in [-0.2, 0) is 0 Å². The first-order valence-electron chi connectivity index (χ1n) is 6.46. The Hall–Kier alpha value is -1.21. The third-order valence-corrected chi connectivity index (χ3v) is 4.64. The maximum Gasteiger partial charge on any atom is 0.156 e. The zero-order chi connectivity index (χ0) is 13.0. The van der Waals surface area contributed by atoms with E-state index in [1.165, 1.54) is 32.1 Å². The first-order valence-corrected chi connectivity index (χ1v) is 7.34. The van der Waals surface area contributed by atoms with Gasteiger partial charge in [0.25, 0.3) is 0 Å². The Kier molecular flexibility index (Phi) is 4.48. The van der Waals surface area contributed by atoms with Gasteiger partial charge in [-0.1, -0.05) is 19.3 Å². The summed E-state index contributed by atoms with van der Waals surface area (Å²) in [6, 6.07) is 6.26. The molecule has 0 aliphatic heterocycles. The summed E-state index contributed by atoms with van der Waals surface area (Å²) in [4.78, 5) is 7.36. The fraction of sp³-hybridized carbons (Fsp3) is 0.571. The summed E-state index contributed by atoms with van der Waals surface area (Å²) in [5.74, 6) is 0.847. The summed E-state index contributed by atoms with van der Waals surface area (Å²) in [6.45, 7) is 0. The van der Waals surface area contributed by atoms with Crippen LogP contribution in [0.2, 0.25) is 0 Å². The van der Waals surface area contributed by atoms with E-state index < -0.39 is 0 Å². The largest absolute Gasteiger partial charge is 0.363 e. The highest BCUT2D eigenvalue weighted by Crippen LogP contribution is 2.35. The summed E-state index contributed by atoms with van der Waals surface area (Å²) in [6.07, 6.45) is 6.54. The minimum Gasteiger partial charge on any atom is -0.363 e. The molecular weight excluding hydrogens is 242 g/mol. The Morgan fingerprint density at radius 2 is 2.00 bits per heavy atom. The van der Waals surface area contributed by atoms with Crippen molar-refractivity contribution in [3.63, 3.8) is 0 Å². The number of nitriles is 1. The van der Waals surface area contributed by atoms with Gasteiger partial charge in [0, 0.05) is 24.2 Å². The number of hydrogen-bond acceptors (Lipinski definition) is 4. The average molecular weight is 261 g/mol. The molecule has 0 atom stereocenters. The van der Waals surface area contributed by atoms with Gasteiger partial charge >= 0.3 is 0 Å². The lowest BCUT2D eigenvalue weighted by atomic mass is 10.0. The molecule has 1 aromatic rings. The second kappa shape index (κ2) is 6.10. The van der Waals surface area contributed by atoms with Gasteiger partial charge in [-0.05, 0) is 25.0 Å². The number of anilines is 1. The zero-order valence-electron chi connectivity index (χ0n) is 11.0. The van der Waals surface area contributed by atoms with E-state index in [0.29, 0.717) is 10.9 Å². The minimum absolute atomic E-state index is 0.566. The fourth-order valence-corrected chi connectivity index (χ4v) is 3.50. The number of hydrogen-bond donors (Lipinski definition) is 0. The van der Waals surface area contributed by atoms with Crippen LogP contribution in [0.1, 0.15) is 37.8 Å². The molecule has 1 heterocycles. The summed E-state index contributed by atoms with van der Waals surface area (Å²) in [5, 5.41) is 9.87. The van der Waals surface area contributed by atoms with Crippen LogP contribution in [0.4, 0.5) is 5.82 Å². The fourth-order valence-electron chi connectivity index (χ4n) is 2.22. The van der Waals surface area contributed by atoms with Crippen LogP contribution >= 0.6 is 11.8 Å². The molecular formula is C14H19N3S. The Morgan fingerprint density at radius 3 is 2.61 bits per heavy atom. The molecule has 0 unspecified atom stereocenters. The smallest absolute Gasteiger partial charge is 0.156 e. The van der Waals surface area contributed by atoms with E-state index >= 15 is 0 Å². The number of nitrogens with zero attached hydrogens (tertiary/aromatic N) is 3. The number of aromatic nitrogens is 1. The molecule has 1 saturated carbocycles. The maximum absolute atomic E-state index is 9.21. The minimum atomic E-state index is 0.566. The van der Waals surface area contributed by atoms with Gasteiger partial charge in [0.2, 0.25) is 0 Å². The molecule has 3 nitrogen and oxygen atoms in total. The molecule has 4 heteroatoms. The molecule has 1 aliphatic carbocycles. The maximum atomic E-state index is 9.21. The van der Waals surface area contributed by atoms with E-state index in [2.05, 4.69) is 11.1 Å². The van der Waals surface area contributed by atoms with Gasteiger partial charge in [-0.2, -0.15) is 5.26 Å². The van der Waals surface area contributed by atoms with Gasteiger partial charge in [-0.3, -0.25) is 0 Å². The van der Waals surface area contributed by atoms with Crippen molar-refractivity contribution in [1.29, 1.82) is 5.26 Å². The molecule has 0 N–H and O–H groups in total. The SMILES string of the molecule is CN(C)c1ccc(SC2CCCCC2)c(C#N)n1. The van der Waals surface area contributed by atoms with Crippen molar-refractivity contribution in [3.05, 3.63) is 17.8 Å². The van der Waals surface area contributed by atoms with Crippen molar-refractivity contribution < 1.29 is 0 Å². The van der Waals surface area contributed by atoms with Crippen LogP contribution in [0.5, 0.6) is 0 Å². The second-order valence-corrected chi connectivity index (χ2v) is 6.24. The molecule has 1 aromatic heterocycles. The van der Waals surface area contributed by atoms with Crippen molar-refractivity contribution in [2.45, 2.75) is 42.2 Å². The molecule has 0 saturated heterocycles. The molecule has 0 bridgehead atoms. The highest BCUT2D eigenvalue weighted by atomic mass is 32.2. The molecule has 0 amide bonds. The molecule has 0 radical (unpaired) electrons. The van der Waals surface area contributed by atoms with Crippen molar-refractivity contribution in [1.82, 2.24) is 4.98 Å². The highest BCUT2D eigenvalue weighted by molar-refractivity contribution is 8.00. The number of thioether (sulfide) groups is 1. The van der Waals surface area contributed by atoms with E-state index in [1.807, 2.05) is 42.9 Å². The zero-order valence-corrected chi connectivity index (χ0v) is 11.8. The molecule has 0 spiro atoms. The molecule has 18 heavy (non-hydrogen) atoms. The van der Waals surface area contributed by atoms with Crippen LogP contribution in [0, 0.1) is 11.3 Å². The van der Waals surface area contributed by atoms with Gasteiger partial charge < -0.3 is 4.90 Å². The van der Waals surface area contributed by atoms with E-state index in [0.717, 1.165) is 10.7 Å². The lowest BCUT2D eigenvalue weighted by Crippen LogP contribution is -2.12. The summed E-state index contributed by atoms with van der Waals surface area (Å²) in [7, 11) is 3.88. The quantitative estimate of drug-likeness (QED) is 0.835. The predicted molar refractivity (Wildman–Crippen MR) is 76.0 cm³/mol. The monoisotopic (exact) mass is 261 g/mol. The Balaban J connectivity index is 2.14. The summed E-state index contributed by atoms with van der Waals surface area (Å²) >= 11 is 1.83. The Labute approximate surface area is 113 Å². The van der Waals surface area contributed by atoms with Gasteiger partial charge in [-0.25, -0.2) is 4.98 Å². The summed E-state index contributed by atoms with van der Waals surface area (Å²) < 4.78 is 0. The van der Waals surface area contributed by atoms with Gasteiger partial charge in [0.15, 0.2) is 5.69 Å². The van der Waals surface area contributed by atoms with Crippen LogP contribution < -0.4 is 4.90 Å². The first kappa shape index (κ1) is 13.2. The van der Waals surface area contributed by atoms with Gasteiger partial charge in [-0.15, -0.1) is 11.8 Å². The van der Waals surface area contributed by atoms with E-state index in [9.17, 15) is 5.26 Å². The van der Waals surface area contributed by atoms with Crippen molar-refractivity contribution in [2.24, 2.45) is 0 Å². The lowest BCUT2D eigenvalue weighted by molar-refractivity contribution is 0.516. The topological polar surface area (TPSA) is 39.9 Å². The molecule has 96 valence electrons. The van der Waals surface area contributed by atoms with Crippen molar-refractivity contribution >= 4 is 17.6 Å². The van der Waals surface area contributed by atoms with Gasteiger partial charge in [0.1, 0.15) is 11.9 Å². The second-order valence-electron chi connectivity index (χ2n) is 4.90. The van der Waals surface area contributed by atoms with Crippen molar-refractivity contribution in [3.8, 4) is 6.07 Å². The van der Waals surface area contributed by atoms with Crippen LogP contribution in [0.25, 0.3) is 0 Å². The van der Waals surface area contributed by atoms with Crippen LogP contribution in [0.3, 0.4) is 0 Å². The highest BCUT2D eigenvalue weighted by Gasteiger charge is 2.17. The average Bonchev–Trinajstić information content (AvgIpc) is 2.40. The Morgan fingerprint density at radius 1 is 1.28 bits per heavy atom. The molecule has 2 rings (SSSR count). The third kappa shape index (κ3) is 3.17. The lowest BCUT2D eigenvalue weighted by Gasteiger charge is -2.21. The number of rotatable bonds is 3. The van der Waals surface area contributed by atoms with Crippen LogP contribution in [-0.4, -0.2) is 24.3 Å². The molecule has 0 aromatic carbocycles. The predicted octanol–water partition coefficient (Wildman–Crippen LogP) is 3.44. The van der Waals surface area contributed by atoms with Crippen LogP contribution in [0.15, 0.2) is 17.0 Å². The Bertz CT molecular complexity index is 445.